The molecule has 0 aliphatic rings. The maximum absolute atomic E-state index is 13.6. The number of hydrogen-bond acceptors (Lipinski definition) is 4. The molecule has 1 atom stereocenters. The van der Waals surface area contributed by atoms with Gasteiger partial charge in [0, 0.05) is 17.6 Å². The minimum atomic E-state index is -3.80. The third-order valence-electron chi connectivity index (χ3n) is 5.41. The second kappa shape index (κ2) is 11.7. The standard InChI is InChI=1S/C25H34ClN3O4S/c1-7-23(25(31)27-17(2)3)28(15-20-11-8-18(4)9-12-20)24(30)16-29(34(6,32)33)21-13-10-19(5)22(26)14-21/h8-14,17,23H,7,15-16H2,1-6H3,(H,27,31). The van der Waals surface area contributed by atoms with Crippen LogP contribution in [0.1, 0.15) is 43.9 Å². The van der Waals surface area contributed by atoms with Gasteiger partial charge in [-0.2, -0.15) is 0 Å². The molecule has 0 radical (unpaired) electrons. The maximum Gasteiger partial charge on any atom is 0.244 e. The topological polar surface area (TPSA) is 86.8 Å². The van der Waals surface area contributed by atoms with Crippen molar-refractivity contribution >= 4 is 39.1 Å². The summed E-state index contributed by atoms with van der Waals surface area (Å²) in [4.78, 5) is 28.0. The van der Waals surface area contributed by atoms with E-state index in [-0.39, 0.29) is 18.5 Å². The van der Waals surface area contributed by atoms with Gasteiger partial charge < -0.3 is 10.2 Å². The molecule has 2 aromatic rings. The average Bonchev–Trinajstić information content (AvgIpc) is 2.74. The molecule has 9 heteroatoms. The van der Waals surface area contributed by atoms with Crippen LogP contribution in [-0.2, 0) is 26.2 Å². The van der Waals surface area contributed by atoms with Crippen molar-refractivity contribution in [1.29, 1.82) is 0 Å². The Bertz CT molecular complexity index is 1120. The summed E-state index contributed by atoms with van der Waals surface area (Å²) in [6.45, 7) is 9.03. The van der Waals surface area contributed by atoms with Crippen LogP contribution >= 0.6 is 11.6 Å². The lowest BCUT2D eigenvalue weighted by atomic mass is 10.1. The second-order valence-corrected chi connectivity index (χ2v) is 11.1. The lowest BCUT2D eigenvalue weighted by Crippen LogP contribution is -2.53. The van der Waals surface area contributed by atoms with Crippen molar-refractivity contribution < 1.29 is 18.0 Å². The molecule has 0 fully saturated rings. The normalized spacial score (nSPS) is 12.4. The molecule has 0 saturated carbocycles. The number of amides is 2. The summed E-state index contributed by atoms with van der Waals surface area (Å²) in [5.74, 6) is -0.754. The number of carbonyl (C=O) groups is 2. The van der Waals surface area contributed by atoms with E-state index in [0.29, 0.717) is 17.1 Å². The number of aryl methyl sites for hydroxylation is 2. The van der Waals surface area contributed by atoms with Crippen LogP contribution in [0.2, 0.25) is 5.02 Å². The number of anilines is 1. The summed E-state index contributed by atoms with van der Waals surface area (Å²) >= 11 is 6.22. The number of carbonyl (C=O) groups excluding carboxylic acids is 2. The fourth-order valence-electron chi connectivity index (χ4n) is 3.54. The first-order valence-electron chi connectivity index (χ1n) is 11.2. The highest BCUT2D eigenvalue weighted by Gasteiger charge is 2.32. The quantitative estimate of drug-likeness (QED) is 0.525. The number of rotatable bonds is 10. The van der Waals surface area contributed by atoms with Crippen molar-refractivity contribution in [2.45, 2.75) is 59.7 Å². The molecule has 2 rings (SSSR count). The summed E-state index contributed by atoms with van der Waals surface area (Å²) in [7, 11) is -3.80. The van der Waals surface area contributed by atoms with Crippen molar-refractivity contribution in [3.63, 3.8) is 0 Å². The van der Waals surface area contributed by atoms with E-state index in [9.17, 15) is 18.0 Å². The van der Waals surface area contributed by atoms with Gasteiger partial charge in [-0.05, 0) is 57.4 Å². The predicted molar refractivity (Wildman–Crippen MR) is 137 cm³/mol. The summed E-state index contributed by atoms with van der Waals surface area (Å²) < 4.78 is 26.3. The monoisotopic (exact) mass is 507 g/mol. The Hall–Kier alpha value is -2.58. The number of nitrogens with one attached hydrogen (secondary N) is 1. The zero-order valence-electron chi connectivity index (χ0n) is 20.6. The molecule has 34 heavy (non-hydrogen) atoms. The smallest absolute Gasteiger partial charge is 0.244 e. The van der Waals surface area contributed by atoms with E-state index in [2.05, 4.69) is 5.32 Å². The molecule has 2 amide bonds. The van der Waals surface area contributed by atoms with E-state index in [0.717, 1.165) is 27.3 Å². The maximum atomic E-state index is 13.6. The van der Waals surface area contributed by atoms with Gasteiger partial charge in [0.1, 0.15) is 12.6 Å². The molecule has 2 aromatic carbocycles. The van der Waals surface area contributed by atoms with Gasteiger partial charge >= 0.3 is 0 Å². The SMILES string of the molecule is CCC(C(=O)NC(C)C)N(Cc1ccc(C)cc1)C(=O)CN(c1ccc(C)c(Cl)c1)S(C)(=O)=O. The van der Waals surface area contributed by atoms with Crippen molar-refractivity contribution in [2.75, 3.05) is 17.1 Å². The Labute approximate surface area is 208 Å². The van der Waals surface area contributed by atoms with E-state index in [1.807, 2.05) is 58.9 Å². The molecule has 0 heterocycles. The van der Waals surface area contributed by atoms with Gasteiger partial charge in [-0.15, -0.1) is 0 Å². The van der Waals surface area contributed by atoms with Crippen molar-refractivity contribution in [1.82, 2.24) is 10.2 Å². The highest BCUT2D eigenvalue weighted by molar-refractivity contribution is 7.92. The molecule has 0 spiro atoms. The molecule has 186 valence electrons. The first-order chi connectivity index (χ1) is 15.8. The first-order valence-corrected chi connectivity index (χ1v) is 13.4. The number of sulfonamides is 1. The van der Waals surface area contributed by atoms with Gasteiger partial charge in [-0.3, -0.25) is 13.9 Å². The summed E-state index contributed by atoms with van der Waals surface area (Å²) in [6.07, 6.45) is 1.42. The zero-order chi connectivity index (χ0) is 25.6. The molecule has 0 aliphatic carbocycles. The van der Waals surface area contributed by atoms with Gasteiger partial charge in [0.25, 0.3) is 0 Å². The lowest BCUT2D eigenvalue weighted by molar-refractivity contribution is -0.140. The van der Waals surface area contributed by atoms with Crippen molar-refractivity contribution in [3.8, 4) is 0 Å². The molecule has 1 unspecified atom stereocenters. The van der Waals surface area contributed by atoms with Crippen LogP contribution in [0.4, 0.5) is 5.69 Å². The molecule has 0 bridgehead atoms. The zero-order valence-corrected chi connectivity index (χ0v) is 22.2. The molecule has 0 aliphatic heterocycles. The molecule has 7 nitrogen and oxygen atoms in total. The Morgan fingerprint density at radius 2 is 1.68 bits per heavy atom. The molecule has 1 N–H and O–H groups in total. The van der Waals surface area contributed by atoms with Crippen molar-refractivity contribution in [3.05, 3.63) is 64.2 Å². The fraction of sp³-hybridized carbons (Fsp3) is 0.440. The van der Waals surface area contributed by atoms with Crippen LogP contribution in [0.5, 0.6) is 0 Å². The number of halogens is 1. The number of nitrogens with zero attached hydrogens (tertiary/aromatic N) is 2. The van der Waals surface area contributed by atoms with Gasteiger partial charge in [0.15, 0.2) is 0 Å². The van der Waals surface area contributed by atoms with Crippen LogP contribution in [0, 0.1) is 13.8 Å². The molecular formula is C25H34ClN3O4S. The van der Waals surface area contributed by atoms with Gasteiger partial charge in [-0.1, -0.05) is 54.4 Å². The number of benzene rings is 2. The predicted octanol–water partition coefficient (Wildman–Crippen LogP) is 4.05. The third-order valence-corrected chi connectivity index (χ3v) is 6.96. The Morgan fingerprint density at radius 1 is 1.06 bits per heavy atom. The highest BCUT2D eigenvalue weighted by Crippen LogP contribution is 2.25. The Kier molecular flexibility index (Phi) is 9.53. The van der Waals surface area contributed by atoms with E-state index in [4.69, 9.17) is 11.6 Å². The van der Waals surface area contributed by atoms with Crippen LogP contribution < -0.4 is 9.62 Å². The summed E-state index contributed by atoms with van der Waals surface area (Å²) in [6, 6.07) is 11.7. The summed E-state index contributed by atoms with van der Waals surface area (Å²) in [5.41, 5.74) is 3.01. The van der Waals surface area contributed by atoms with Crippen LogP contribution in [0.15, 0.2) is 42.5 Å². The van der Waals surface area contributed by atoms with Crippen LogP contribution in [0.25, 0.3) is 0 Å². The summed E-state index contributed by atoms with van der Waals surface area (Å²) in [5, 5.41) is 3.27. The minimum absolute atomic E-state index is 0.0971. The highest BCUT2D eigenvalue weighted by atomic mass is 35.5. The van der Waals surface area contributed by atoms with Gasteiger partial charge in [-0.25, -0.2) is 8.42 Å². The Balaban J connectivity index is 2.45. The molecule has 0 saturated heterocycles. The van der Waals surface area contributed by atoms with Crippen LogP contribution in [0.3, 0.4) is 0 Å². The van der Waals surface area contributed by atoms with Gasteiger partial charge in [0.05, 0.1) is 11.9 Å². The van der Waals surface area contributed by atoms with E-state index < -0.39 is 28.5 Å². The van der Waals surface area contributed by atoms with E-state index >= 15 is 0 Å². The third kappa shape index (κ3) is 7.46. The minimum Gasteiger partial charge on any atom is -0.352 e. The number of hydrogen-bond donors (Lipinski definition) is 1. The Morgan fingerprint density at radius 3 is 2.18 bits per heavy atom. The van der Waals surface area contributed by atoms with Crippen molar-refractivity contribution in [2.24, 2.45) is 0 Å². The fourth-order valence-corrected chi connectivity index (χ4v) is 4.56. The van der Waals surface area contributed by atoms with E-state index in [1.165, 1.54) is 11.0 Å². The molecule has 0 aromatic heterocycles. The largest absolute Gasteiger partial charge is 0.352 e. The second-order valence-electron chi connectivity index (χ2n) is 8.80. The average molecular weight is 508 g/mol. The van der Waals surface area contributed by atoms with E-state index in [1.54, 1.807) is 12.1 Å². The molecular weight excluding hydrogens is 474 g/mol. The lowest BCUT2D eigenvalue weighted by Gasteiger charge is -2.33. The van der Waals surface area contributed by atoms with Gasteiger partial charge in [0.2, 0.25) is 21.8 Å². The van der Waals surface area contributed by atoms with Crippen LogP contribution in [-0.4, -0.2) is 50.0 Å². The first kappa shape index (κ1) is 27.7.